The average molecular weight is 370 g/mol. The molecule has 1 N–H and O–H groups in total. The molecular weight excluding hydrogens is 354 g/mol. The minimum absolute atomic E-state index is 0.122. The van der Waals surface area contributed by atoms with E-state index in [0.717, 1.165) is 5.56 Å². The Morgan fingerprint density at radius 3 is 2.62 bits per heavy atom. The number of nitrogens with zero attached hydrogens (tertiary/aromatic N) is 2. The summed E-state index contributed by atoms with van der Waals surface area (Å²) in [5.74, 6) is -1.46. The van der Waals surface area contributed by atoms with Crippen LogP contribution < -0.4 is 5.32 Å². The number of aromatic nitrogens is 1. The first-order valence-corrected chi connectivity index (χ1v) is 8.09. The van der Waals surface area contributed by atoms with Crippen LogP contribution in [0.5, 0.6) is 0 Å². The van der Waals surface area contributed by atoms with Gasteiger partial charge in [0.2, 0.25) is 0 Å². The van der Waals surface area contributed by atoms with Crippen molar-refractivity contribution in [1.82, 2.24) is 4.98 Å². The molecule has 0 radical (unpaired) electrons. The SMILES string of the molecule is Cc1ccc(/C=C(\C#N)C(=O)O[C@@H](C)C(=O)Nc2cccnc2Cl)cc1. The number of amides is 1. The predicted octanol–water partition coefficient (Wildman–Crippen LogP) is 3.52. The molecule has 0 aliphatic heterocycles. The van der Waals surface area contributed by atoms with Gasteiger partial charge < -0.3 is 10.1 Å². The topological polar surface area (TPSA) is 92.1 Å². The van der Waals surface area contributed by atoms with Gasteiger partial charge in [0.05, 0.1) is 5.69 Å². The number of nitriles is 1. The number of pyridine rings is 1. The van der Waals surface area contributed by atoms with Gasteiger partial charge in [-0.3, -0.25) is 4.79 Å². The summed E-state index contributed by atoms with van der Waals surface area (Å²) in [6.07, 6.45) is 1.77. The highest BCUT2D eigenvalue weighted by Crippen LogP contribution is 2.18. The number of nitrogens with one attached hydrogen (secondary N) is 1. The van der Waals surface area contributed by atoms with E-state index in [9.17, 15) is 14.9 Å². The molecule has 2 rings (SSSR count). The number of hydrogen-bond donors (Lipinski definition) is 1. The molecule has 0 bridgehead atoms. The van der Waals surface area contributed by atoms with E-state index in [0.29, 0.717) is 11.3 Å². The first-order chi connectivity index (χ1) is 12.4. The molecule has 0 spiro atoms. The first-order valence-electron chi connectivity index (χ1n) is 7.71. The van der Waals surface area contributed by atoms with Crippen LogP contribution in [-0.4, -0.2) is 23.0 Å². The number of carbonyl (C=O) groups excluding carboxylic acids is 2. The molecule has 0 saturated heterocycles. The maximum absolute atomic E-state index is 12.1. The summed E-state index contributed by atoms with van der Waals surface area (Å²) < 4.78 is 5.07. The molecule has 2 aromatic rings. The molecule has 1 aromatic heterocycles. The van der Waals surface area contributed by atoms with Crippen LogP contribution in [0, 0.1) is 18.3 Å². The zero-order chi connectivity index (χ0) is 19.1. The number of esters is 1. The van der Waals surface area contributed by atoms with E-state index >= 15 is 0 Å². The molecule has 1 amide bonds. The van der Waals surface area contributed by atoms with Crippen LogP contribution in [0.2, 0.25) is 5.15 Å². The van der Waals surface area contributed by atoms with Crippen molar-refractivity contribution in [2.45, 2.75) is 20.0 Å². The number of benzene rings is 1. The fourth-order valence-electron chi connectivity index (χ4n) is 1.96. The smallest absolute Gasteiger partial charge is 0.349 e. The Labute approximate surface area is 156 Å². The van der Waals surface area contributed by atoms with Gasteiger partial charge in [-0.15, -0.1) is 0 Å². The van der Waals surface area contributed by atoms with E-state index in [1.165, 1.54) is 19.2 Å². The fourth-order valence-corrected chi connectivity index (χ4v) is 2.12. The monoisotopic (exact) mass is 369 g/mol. The van der Waals surface area contributed by atoms with Crippen LogP contribution >= 0.6 is 11.6 Å². The second-order valence-corrected chi connectivity index (χ2v) is 5.82. The lowest BCUT2D eigenvalue weighted by molar-refractivity contribution is -0.148. The maximum atomic E-state index is 12.1. The number of anilines is 1. The number of halogens is 1. The maximum Gasteiger partial charge on any atom is 0.349 e. The van der Waals surface area contributed by atoms with Crippen LogP contribution in [0.3, 0.4) is 0 Å². The summed E-state index contributed by atoms with van der Waals surface area (Å²) in [4.78, 5) is 28.1. The Morgan fingerprint density at radius 1 is 1.31 bits per heavy atom. The zero-order valence-electron chi connectivity index (χ0n) is 14.2. The molecule has 1 aromatic carbocycles. The van der Waals surface area contributed by atoms with E-state index in [2.05, 4.69) is 10.3 Å². The summed E-state index contributed by atoms with van der Waals surface area (Å²) in [6.45, 7) is 3.33. The highest BCUT2D eigenvalue weighted by Gasteiger charge is 2.21. The van der Waals surface area contributed by atoms with Crippen molar-refractivity contribution in [2.24, 2.45) is 0 Å². The number of rotatable bonds is 5. The molecule has 1 atom stereocenters. The van der Waals surface area contributed by atoms with E-state index in [4.69, 9.17) is 16.3 Å². The van der Waals surface area contributed by atoms with Gasteiger partial charge in [-0.25, -0.2) is 9.78 Å². The highest BCUT2D eigenvalue weighted by molar-refractivity contribution is 6.32. The Bertz CT molecular complexity index is 886. The minimum atomic E-state index is -1.12. The van der Waals surface area contributed by atoms with Gasteiger partial charge in [-0.1, -0.05) is 41.4 Å². The average Bonchev–Trinajstić information content (AvgIpc) is 2.62. The quantitative estimate of drug-likeness (QED) is 0.377. The van der Waals surface area contributed by atoms with Crippen LogP contribution in [0.1, 0.15) is 18.1 Å². The third kappa shape index (κ3) is 5.16. The summed E-state index contributed by atoms with van der Waals surface area (Å²) in [7, 11) is 0. The molecule has 0 aliphatic carbocycles. The summed E-state index contributed by atoms with van der Waals surface area (Å²) in [5.41, 5.74) is 1.84. The van der Waals surface area contributed by atoms with Gasteiger partial charge >= 0.3 is 5.97 Å². The number of ether oxygens (including phenoxy) is 1. The lowest BCUT2D eigenvalue weighted by atomic mass is 10.1. The summed E-state index contributed by atoms with van der Waals surface area (Å²) in [6, 6.07) is 12.2. The molecule has 7 heteroatoms. The van der Waals surface area contributed by atoms with Gasteiger partial charge in [0.15, 0.2) is 11.3 Å². The van der Waals surface area contributed by atoms with Crippen LogP contribution in [0.15, 0.2) is 48.2 Å². The minimum Gasteiger partial charge on any atom is -0.448 e. The molecule has 0 fully saturated rings. The van der Waals surface area contributed by atoms with Crippen molar-refractivity contribution >= 4 is 35.2 Å². The fraction of sp³-hybridized carbons (Fsp3) is 0.158. The van der Waals surface area contributed by atoms with Gasteiger partial charge in [-0.05, 0) is 37.6 Å². The highest BCUT2D eigenvalue weighted by atomic mass is 35.5. The third-order valence-corrected chi connectivity index (χ3v) is 3.70. The van der Waals surface area contributed by atoms with E-state index in [1.807, 2.05) is 19.1 Å². The van der Waals surface area contributed by atoms with Crippen molar-refractivity contribution in [3.63, 3.8) is 0 Å². The number of aryl methyl sites for hydroxylation is 1. The normalized spacial score (nSPS) is 12.0. The zero-order valence-corrected chi connectivity index (χ0v) is 14.9. The van der Waals surface area contributed by atoms with Crippen LogP contribution in [-0.2, 0) is 14.3 Å². The first kappa shape index (κ1) is 19.2. The van der Waals surface area contributed by atoms with Gasteiger partial charge in [0, 0.05) is 6.20 Å². The lowest BCUT2D eigenvalue weighted by Crippen LogP contribution is -2.30. The summed E-state index contributed by atoms with van der Waals surface area (Å²) in [5, 5.41) is 11.8. The molecular formula is C19H16ClN3O3. The largest absolute Gasteiger partial charge is 0.448 e. The Morgan fingerprint density at radius 2 is 2.00 bits per heavy atom. The third-order valence-electron chi connectivity index (χ3n) is 3.40. The van der Waals surface area contributed by atoms with Crippen molar-refractivity contribution in [3.05, 3.63) is 64.4 Å². The predicted molar refractivity (Wildman–Crippen MR) is 98.2 cm³/mol. The van der Waals surface area contributed by atoms with Crippen LogP contribution in [0.25, 0.3) is 6.08 Å². The summed E-state index contributed by atoms with van der Waals surface area (Å²) >= 11 is 5.87. The Balaban J connectivity index is 2.04. The van der Waals surface area contributed by atoms with E-state index < -0.39 is 18.0 Å². The van der Waals surface area contributed by atoms with Crippen LogP contribution in [0.4, 0.5) is 5.69 Å². The van der Waals surface area contributed by atoms with Crippen molar-refractivity contribution in [3.8, 4) is 6.07 Å². The molecule has 0 aliphatic rings. The second kappa shape index (κ2) is 8.79. The molecule has 26 heavy (non-hydrogen) atoms. The molecule has 1 heterocycles. The van der Waals surface area contributed by atoms with E-state index in [-0.39, 0.29) is 10.7 Å². The van der Waals surface area contributed by atoms with E-state index in [1.54, 1.807) is 30.3 Å². The van der Waals surface area contributed by atoms with Gasteiger partial charge in [0.25, 0.3) is 5.91 Å². The van der Waals surface area contributed by atoms with Crippen molar-refractivity contribution < 1.29 is 14.3 Å². The molecule has 132 valence electrons. The molecule has 6 nitrogen and oxygen atoms in total. The number of hydrogen-bond acceptors (Lipinski definition) is 5. The van der Waals surface area contributed by atoms with Gasteiger partial charge in [-0.2, -0.15) is 5.26 Å². The second-order valence-electron chi connectivity index (χ2n) is 5.46. The molecule has 0 unspecified atom stereocenters. The standard InChI is InChI=1S/C19H16ClN3O3/c1-12-5-7-14(8-6-12)10-15(11-21)19(25)26-13(2)18(24)23-16-4-3-9-22-17(16)20/h3-10,13H,1-2H3,(H,23,24)/b15-10+/t13-/m0/s1. The molecule has 0 saturated carbocycles. The van der Waals surface area contributed by atoms with Gasteiger partial charge in [0.1, 0.15) is 11.6 Å². The number of carbonyl (C=O) groups is 2. The lowest BCUT2D eigenvalue weighted by Gasteiger charge is -2.13. The van der Waals surface area contributed by atoms with Crippen molar-refractivity contribution in [1.29, 1.82) is 5.26 Å². The van der Waals surface area contributed by atoms with Crippen molar-refractivity contribution in [2.75, 3.05) is 5.32 Å². The Kier molecular flexibility index (Phi) is 6.48. The Hall–Kier alpha value is -3.17.